The second-order valence-corrected chi connectivity index (χ2v) is 5.73. The van der Waals surface area contributed by atoms with E-state index in [0.717, 1.165) is 17.2 Å². The van der Waals surface area contributed by atoms with Gasteiger partial charge >= 0.3 is 0 Å². The predicted octanol–water partition coefficient (Wildman–Crippen LogP) is 2.50. The molecule has 1 atom stereocenters. The van der Waals surface area contributed by atoms with Crippen LogP contribution in [0.1, 0.15) is 39.8 Å². The minimum atomic E-state index is 0.154. The van der Waals surface area contributed by atoms with E-state index in [4.69, 9.17) is 0 Å². The van der Waals surface area contributed by atoms with Gasteiger partial charge in [-0.15, -0.1) is 11.3 Å². The van der Waals surface area contributed by atoms with Crippen molar-refractivity contribution in [1.29, 1.82) is 0 Å². The molecule has 2 aromatic rings. The van der Waals surface area contributed by atoms with Gasteiger partial charge in [0, 0.05) is 23.2 Å². The van der Waals surface area contributed by atoms with Crippen molar-refractivity contribution in [3.05, 3.63) is 33.0 Å². The molecule has 4 nitrogen and oxygen atoms in total. The number of thiazole rings is 1. The minimum absolute atomic E-state index is 0.154. The van der Waals surface area contributed by atoms with Crippen LogP contribution in [0, 0.1) is 20.8 Å². The quantitative estimate of drug-likeness (QED) is 0.922. The topological polar surface area (TPSA) is 42.7 Å². The summed E-state index contributed by atoms with van der Waals surface area (Å²) in [5, 5.41) is 8.96. The molecule has 0 aromatic carbocycles. The van der Waals surface area contributed by atoms with E-state index >= 15 is 0 Å². The maximum atomic E-state index is 4.67. The molecular formula is C13H20N4S. The normalized spacial score (nSPS) is 12.9. The Balaban J connectivity index is 2.42. The first-order chi connectivity index (χ1) is 8.54. The lowest BCUT2D eigenvalue weighted by atomic mass is 10.1. The van der Waals surface area contributed by atoms with Gasteiger partial charge in [-0.05, 0) is 27.3 Å². The van der Waals surface area contributed by atoms with Crippen LogP contribution >= 0.6 is 11.3 Å². The monoisotopic (exact) mass is 264 g/mol. The summed E-state index contributed by atoms with van der Waals surface area (Å²) in [6.45, 7) is 9.31. The number of rotatable bonds is 4. The number of nitrogens with one attached hydrogen (secondary N) is 1. The number of hydrogen-bond donors (Lipinski definition) is 1. The largest absolute Gasteiger partial charge is 0.304 e. The van der Waals surface area contributed by atoms with Crippen LogP contribution in [0.3, 0.4) is 0 Å². The highest BCUT2D eigenvalue weighted by Gasteiger charge is 2.21. The number of aromatic nitrogens is 3. The molecule has 2 heterocycles. The predicted molar refractivity (Wildman–Crippen MR) is 75.1 cm³/mol. The molecule has 98 valence electrons. The summed E-state index contributed by atoms with van der Waals surface area (Å²) in [4.78, 5) is 5.96. The van der Waals surface area contributed by atoms with E-state index in [1.165, 1.54) is 16.1 Å². The van der Waals surface area contributed by atoms with E-state index in [0.29, 0.717) is 0 Å². The second kappa shape index (κ2) is 5.20. The van der Waals surface area contributed by atoms with Crippen molar-refractivity contribution in [3.8, 4) is 0 Å². The summed E-state index contributed by atoms with van der Waals surface area (Å²) < 4.78 is 1.91. The molecule has 0 amide bonds. The lowest BCUT2D eigenvalue weighted by Crippen LogP contribution is -2.22. The molecule has 5 heteroatoms. The standard InChI is InChI=1S/C13H20N4S/c1-6-14-12(11-7-15-17(5)9(11)3)13-16-8(2)10(4)18-13/h7,12,14H,6H2,1-5H3. The molecule has 0 aliphatic carbocycles. The maximum absolute atomic E-state index is 4.67. The van der Waals surface area contributed by atoms with Gasteiger partial charge in [0.2, 0.25) is 0 Å². The Morgan fingerprint density at radius 2 is 2.11 bits per heavy atom. The average Bonchev–Trinajstić information content (AvgIpc) is 2.82. The highest BCUT2D eigenvalue weighted by molar-refractivity contribution is 7.11. The average molecular weight is 264 g/mol. The first kappa shape index (κ1) is 13.2. The van der Waals surface area contributed by atoms with Gasteiger partial charge in [0.15, 0.2) is 0 Å². The van der Waals surface area contributed by atoms with Gasteiger partial charge in [-0.1, -0.05) is 6.92 Å². The van der Waals surface area contributed by atoms with E-state index in [1.807, 2.05) is 17.9 Å². The molecule has 0 radical (unpaired) electrons. The van der Waals surface area contributed by atoms with E-state index < -0.39 is 0 Å². The Morgan fingerprint density at radius 1 is 1.39 bits per heavy atom. The fraction of sp³-hybridized carbons (Fsp3) is 0.538. The number of aryl methyl sites for hydroxylation is 3. The van der Waals surface area contributed by atoms with Gasteiger partial charge in [-0.2, -0.15) is 5.10 Å². The third kappa shape index (κ3) is 2.33. The number of nitrogens with zero attached hydrogens (tertiary/aromatic N) is 3. The molecule has 0 bridgehead atoms. The van der Waals surface area contributed by atoms with Crippen LogP contribution in [0.4, 0.5) is 0 Å². The van der Waals surface area contributed by atoms with Crippen molar-refractivity contribution in [2.45, 2.75) is 33.7 Å². The van der Waals surface area contributed by atoms with Crippen LogP contribution in [0.25, 0.3) is 0 Å². The molecule has 0 saturated heterocycles. The van der Waals surface area contributed by atoms with Crippen LogP contribution in [-0.2, 0) is 7.05 Å². The van der Waals surface area contributed by atoms with Crippen molar-refractivity contribution >= 4 is 11.3 Å². The fourth-order valence-electron chi connectivity index (χ4n) is 1.95. The molecule has 0 aliphatic heterocycles. The van der Waals surface area contributed by atoms with Crippen molar-refractivity contribution in [2.24, 2.45) is 7.05 Å². The Bertz CT molecular complexity index is 522. The van der Waals surface area contributed by atoms with Crippen molar-refractivity contribution in [1.82, 2.24) is 20.1 Å². The SMILES string of the molecule is CCNC(c1nc(C)c(C)s1)c1cnn(C)c1C. The third-order valence-electron chi connectivity index (χ3n) is 3.28. The summed E-state index contributed by atoms with van der Waals surface area (Å²) in [7, 11) is 1.97. The molecule has 2 aromatic heterocycles. The molecule has 18 heavy (non-hydrogen) atoms. The van der Waals surface area contributed by atoms with E-state index in [1.54, 1.807) is 11.3 Å². The molecule has 2 rings (SSSR count). The van der Waals surface area contributed by atoms with E-state index in [-0.39, 0.29) is 6.04 Å². The highest BCUT2D eigenvalue weighted by atomic mass is 32.1. The Labute approximate surface area is 112 Å². The lowest BCUT2D eigenvalue weighted by Gasteiger charge is -2.15. The number of hydrogen-bond acceptors (Lipinski definition) is 4. The van der Waals surface area contributed by atoms with Crippen LogP contribution in [-0.4, -0.2) is 21.3 Å². The van der Waals surface area contributed by atoms with Crippen molar-refractivity contribution in [2.75, 3.05) is 6.54 Å². The molecule has 1 N–H and O–H groups in total. The Morgan fingerprint density at radius 3 is 2.56 bits per heavy atom. The first-order valence-electron chi connectivity index (χ1n) is 6.20. The molecule has 0 saturated carbocycles. The Kier molecular flexibility index (Phi) is 3.82. The molecule has 0 spiro atoms. The van der Waals surface area contributed by atoms with Gasteiger partial charge in [0.25, 0.3) is 0 Å². The minimum Gasteiger partial charge on any atom is -0.304 e. The van der Waals surface area contributed by atoms with Gasteiger partial charge in [-0.3, -0.25) is 4.68 Å². The molecular weight excluding hydrogens is 244 g/mol. The van der Waals surface area contributed by atoms with Gasteiger partial charge in [0.05, 0.1) is 17.9 Å². The first-order valence-corrected chi connectivity index (χ1v) is 7.02. The molecule has 1 unspecified atom stereocenters. The van der Waals surface area contributed by atoms with Crippen molar-refractivity contribution < 1.29 is 0 Å². The zero-order valence-corrected chi connectivity index (χ0v) is 12.4. The van der Waals surface area contributed by atoms with Crippen LogP contribution in [0.2, 0.25) is 0 Å². The molecule has 0 fully saturated rings. The fourth-order valence-corrected chi connectivity index (χ4v) is 2.97. The Hall–Kier alpha value is -1.20. The van der Waals surface area contributed by atoms with Crippen LogP contribution in [0.15, 0.2) is 6.20 Å². The molecule has 0 aliphatic rings. The summed E-state index contributed by atoms with van der Waals surface area (Å²) in [5.41, 5.74) is 3.53. The van der Waals surface area contributed by atoms with Crippen LogP contribution in [0.5, 0.6) is 0 Å². The summed E-state index contributed by atoms with van der Waals surface area (Å²) in [5.74, 6) is 0. The second-order valence-electron chi connectivity index (χ2n) is 4.49. The summed E-state index contributed by atoms with van der Waals surface area (Å²) >= 11 is 1.76. The summed E-state index contributed by atoms with van der Waals surface area (Å²) in [6.07, 6.45) is 1.94. The van der Waals surface area contributed by atoms with Gasteiger partial charge in [-0.25, -0.2) is 4.98 Å². The highest BCUT2D eigenvalue weighted by Crippen LogP contribution is 2.29. The zero-order chi connectivity index (χ0) is 13.3. The maximum Gasteiger partial charge on any atom is 0.115 e. The van der Waals surface area contributed by atoms with Gasteiger partial charge in [0.1, 0.15) is 5.01 Å². The van der Waals surface area contributed by atoms with Crippen molar-refractivity contribution in [3.63, 3.8) is 0 Å². The van der Waals surface area contributed by atoms with E-state index in [2.05, 4.69) is 43.1 Å². The lowest BCUT2D eigenvalue weighted by molar-refractivity contribution is 0.620. The zero-order valence-electron chi connectivity index (χ0n) is 11.6. The summed E-state index contributed by atoms with van der Waals surface area (Å²) in [6, 6.07) is 0.154. The van der Waals surface area contributed by atoms with Crippen LogP contribution < -0.4 is 5.32 Å². The smallest absolute Gasteiger partial charge is 0.115 e. The third-order valence-corrected chi connectivity index (χ3v) is 4.42. The van der Waals surface area contributed by atoms with Gasteiger partial charge < -0.3 is 5.32 Å². The van der Waals surface area contributed by atoms with E-state index in [9.17, 15) is 0 Å².